The van der Waals surface area contributed by atoms with Crippen molar-refractivity contribution in [3.63, 3.8) is 0 Å². The first kappa shape index (κ1) is 16.4. The first-order chi connectivity index (χ1) is 10.4. The summed E-state index contributed by atoms with van der Waals surface area (Å²) in [6, 6.07) is 8.08. The zero-order chi connectivity index (χ0) is 16.3. The van der Waals surface area contributed by atoms with Gasteiger partial charge in [-0.05, 0) is 31.4 Å². The van der Waals surface area contributed by atoms with Gasteiger partial charge >= 0.3 is 0 Å². The molecule has 2 rings (SSSR count). The van der Waals surface area contributed by atoms with Gasteiger partial charge in [-0.25, -0.2) is 9.97 Å². The molecule has 0 N–H and O–H groups in total. The summed E-state index contributed by atoms with van der Waals surface area (Å²) >= 11 is 1.34. The van der Waals surface area contributed by atoms with Crippen molar-refractivity contribution in [1.82, 2.24) is 9.97 Å². The van der Waals surface area contributed by atoms with Crippen molar-refractivity contribution in [2.75, 3.05) is 13.4 Å². The molecule has 6 nitrogen and oxygen atoms in total. The molecule has 0 unspecified atom stereocenters. The molecule has 0 saturated carbocycles. The van der Waals surface area contributed by atoms with Gasteiger partial charge in [0, 0.05) is 11.3 Å². The fraction of sp³-hybridized carbons (Fsp3) is 0.214. The lowest BCUT2D eigenvalue weighted by Gasteiger charge is -2.11. The molecule has 8 heteroatoms. The maximum absolute atomic E-state index is 12.1. The van der Waals surface area contributed by atoms with Crippen LogP contribution in [-0.4, -0.2) is 31.8 Å². The largest absolute Gasteiger partial charge is 0.297 e. The summed E-state index contributed by atoms with van der Waals surface area (Å²) in [4.78, 5) is 8.47. The molecule has 22 heavy (non-hydrogen) atoms. The Morgan fingerprint density at radius 3 is 2.64 bits per heavy atom. The van der Waals surface area contributed by atoms with E-state index in [9.17, 15) is 13.7 Å². The molecular weight excluding hydrogens is 322 g/mol. The molecule has 2 aromatic rings. The lowest BCUT2D eigenvalue weighted by Crippen LogP contribution is -2.07. The van der Waals surface area contributed by atoms with Crippen LogP contribution < -0.4 is 0 Å². The Kier molecular flexibility index (Phi) is 4.81. The van der Waals surface area contributed by atoms with Crippen LogP contribution in [0, 0.1) is 18.3 Å². The number of thioether (sulfide) groups is 1. The molecule has 0 aliphatic heterocycles. The van der Waals surface area contributed by atoms with Gasteiger partial charge in [0.1, 0.15) is 4.90 Å². The number of aryl methyl sites for hydroxylation is 1. The predicted octanol–water partition coefficient (Wildman–Crippen LogP) is 2.38. The predicted molar refractivity (Wildman–Crippen MR) is 82.9 cm³/mol. The lowest BCUT2D eigenvalue weighted by atomic mass is 10.0. The van der Waals surface area contributed by atoms with E-state index in [-0.39, 0.29) is 16.0 Å². The fourth-order valence-corrected chi connectivity index (χ4v) is 3.26. The van der Waals surface area contributed by atoms with Crippen LogP contribution in [0.2, 0.25) is 0 Å². The summed E-state index contributed by atoms with van der Waals surface area (Å²) in [6.45, 7) is 1.78. The van der Waals surface area contributed by atoms with Crippen LogP contribution in [0.4, 0.5) is 0 Å². The van der Waals surface area contributed by atoms with Crippen LogP contribution in [0.3, 0.4) is 0 Å². The molecule has 0 bridgehead atoms. The third kappa shape index (κ3) is 3.11. The zero-order valence-corrected chi connectivity index (χ0v) is 13.8. The molecule has 114 valence electrons. The number of nitriles is 1. The second kappa shape index (κ2) is 6.44. The van der Waals surface area contributed by atoms with E-state index in [1.54, 1.807) is 19.1 Å². The van der Waals surface area contributed by atoms with Gasteiger partial charge in [0.25, 0.3) is 10.1 Å². The summed E-state index contributed by atoms with van der Waals surface area (Å²) in [5, 5.41) is 9.81. The maximum Gasteiger partial charge on any atom is 0.297 e. The third-order valence-corrected chi connectivity index (χ3v) is 4.77. The molecule has 1 aromatic carbocycles. The maximum atomic E-state index is 12.1. The van der Waals surface area contributed by atoms with Crippen LogP contribution in [0.5, 0.6) is 0 Å². The molecule has 1 aromatic heterocycles. The zero-order valence-electron chi connectivity index (χ0n) is 12.2. The molecule has 0 atom stereocenters. The van der Waals surface area contributed by atoms with Crippen LogP contribution in [-0.2, 0) is 14.3 Å². The number of aromatic nitrogens is 2. The number of benzene rings is 1. The van der Waals surface area contributed by atoms with Crippen molar-refractivity contribution in [2.24, 2.45) is 0 Å². The van der Waals surface area contributed by atoms with Gasteiger partial charge in [-0.3, -0.25) is 4.18 Å². The molecule has 0 spiro atoms. The molecule has 0 radical (unpaired) electrons. The van der Waals surface area contributed by atoms with Crippen molar-refractivity contribution in [3.8, 4) is 17.3 Å². The Bertz CT molecular complexity index is 858. The average Bonchev–Trinajstić information content (AvgIpc) is 2.53. The van der Waals surface area contributed by atoms with Crippen molar-refractivity contribution in [2.45, 2.75) is 17.0 Å². The highest BCUT2D eigenvalue weighted by atomic mass is 32.2. The highest BCUT2D eigenvalue weighted by molar-refractivity contribution is 7.98. The lowest BCUT2D eigenvalue weighted by molar-refractivity contribution is 0.398. The van der Waals surface area contributed by atoms with E-state index in [2.05, 4.69) is 14.2 Å². The molecule has 0 aliphatic carbocycles. The Morgan fingerprint density at radius 2 is 2.05 bits per heavy atom. The minimum Gasteiger partial charge on any atom is -0.270 e. The van der Waals surface area contributed by atoms with Crippen molar-refractivity contribution in [1.29, 1.82) is 5.26 Å². The summed E-state index contributed by atoms with van der Waals surface area (Å²) in [7, 11) is -2.88. The van der Waals surface area contributed by atoms with Crippen molar-refractivity contribution in [3.05, 3.63) is 35.5 Å². The smallest absolute Gasteiger partial charge is 0.270 e. The van der Waals surface area contributed by atoms with E-state index in [0.29, 0.717) is 16.5 Å². The number of hydrogen-bond donors (Lipinski definition) is 0. The van der Waals surface area contributed by atoms with E-state index in [0.717, 1.165) is 7.11 Å². The van der Waals surface area contributed by atoms with Gasteiger partial charge in [-0.15, -0.1) is 0 Å². The van der Waals surface area contributed by atoms with E-state index in [1.165, 1.54) is 23.9 Å². The Balaban J connectivity index is 2.85. The van der Waals surface area contributed by atoms with E-state index < -0.39 is 10.1 Å². The minimum absolute atomic E-state index is 0.0841. The Labute approximate surface area is 133 Å². The molecule has 0 fully saturated rings. The molecule has 0 amide bonds. The van der Waals surface area contributed by atoms with Gasteiger partial charge in [0.05, 0.1) is 24.4 Å². The summed E-state index contributed by atoms with van der Waals surface area (Å²) in [5.74, 6) is 0. The average molecular weight is 335 g/mol. The summed E-state index contributed by atoms with van der Waals surface area (Å²) in [6.07, 6.45) is 1.82. The first-order valence-corrected chi connectivity index (χ1v) is 8.80. The quantitative estimate of drug-likeness (QED) is 0.481. The van der Waals surface area contributed by atoms with Crippen molar-refractivity contribution >= 4 is 21.9 Å². The minimum atomic E-state index is -3.96. The van der Waals surface area contributed by atoms with Gasteiger partial charge in [-0.1, -0.05) is 17.8 Å². The molecule has 0 saturated heterocycles. The van der Waals surface area contributed by atoms with E-state index in [4.69, 9.17) is 0 Å². The Morgan fingerprint density at radius 1 is 1.32 bits per heavy atom. The van der Waals surface area contributed by atoms with E-state index >= 15 is 0 Å². The SMILES string of the molecule is COS(=O)(=O)c1cccc(C#N)c1-c1cc(C)nc(SC)n1. The summed E-state index contributed by atoms with van der Waals surface area (Å²) in [5.41, 5.74) is 1.50. The van der Waals surface area contributed by atoms with Gasteiger partial charge in [0.15, 0.2) is 5.16 Å². The van der Waals surface area contributed by atoms with Gasteiger partial charge < -0.3 is 0 Å². The van der Waals surface area contributed by atoms with Gasteiger partial charge in [0.2, 0.25) is 0 Å². The molecular formula is C14H13N3O3S2. The van der Waals surface area contributed by atoms with E-state index in [1.807, 2.05) is 12.3 Å². The van der Waals surface area contributed by atoms with Crippen LogP contribution in [0.1, 0.15) is 11.3 Å². The Hall–Kier alpha value is -1.95. The third-order valence-electron chi connectivity index (χ3n) is 2.91. The number of hydrogen-bond acceptors (Lipinski definition) is 7. The standard InChI is InChI=1S/C14H13N3O3S2/c1-9-7-11(17-14(16-9)21-3)13-10(8-15)5-4-6-12(13)22(18,19)20-2/h4-7H,1-3H3. The monoisotopic (exact) mass is 335 g/mol. The van der Waals surface area contributed by atoms with Crippen molar-refractivity contribution < 1.29 is 12.6 Å². The number of rotatable bonds is 4. The second-order valence-corrected chi connectivity index (χ2v) is 6.75. The van der Waals surface area contributed by atoms with Crippen LogP contribution in [0.25, 0.3) is 11.3 Å². The normalized spacial score (nSPS) is 11.2. The van der Waals surface area contributed by atoms with Gasteiger partial charge in [-0.2, -0.15) is 13.7 Å². The summed E-state index contributed by atoms with van der Waals surface area (Å²) < 4.78 is 28.8. The topological polar surface area (TPSA) is 92.9 Å². The first-order valence-electron chi connectivity index (χ1n) is 6.16. The molecule has 1 heterocycles. The second-order valence-electron chi connectivity index (χ2n) is 4.29. The highest BCUT2D eigenvalue weighted by Gasteiger charge is 2.23. The number of nitrogens with zero attached hydrogens (tertiary/aromatic N) is 3. The van der Waals surface area contributed by atoms with Crippen LogP contribution in [0.15, 0.2) is 34.3 Å². The highest BCUT2D eigenvalue weighted by Crippen LogP contribution is 2.31. The molecule has 0 aliphatic rings. The van der Waals surface area contributed by atoms with Crippen LogP contribution >= 0.6 is 11.8 Å². The fourth-order valence-electron chi connectivity index (χ4n) is 1.95.